The molecule has 19 heavy (non-hydrogen) atoms. The highest BCUT2D eigenvalue weighted by Crippen LogP contribution is 2.23. The van der Waals surface area contributed by atoms with Crippen LogP contribution in [0.25, 0.3) is 0 Å². The van der Waals surface area contributed by atoms with E-state index in [9.17, 15) is 4.39 Å². The zero-order valence-corrected chi connectivity index (χ0v) is 12.7. The van der Waals surface area contributed by atoms with E-state index in [-0.39, 0.29) is 5.82 Å². The minimum atomic E-state index is -0.0873. The molecule has 4 heteroatoms. The van der Waals surface area contributed by atoms with Crippen LogP contribution in [0, 0.1) is 5.82 Å². The fourth-order valence-electron chi connectivity index (χ4n) is 3.33. The van der Waals surface area contributed by atoms with Crippen molar-refractivity contribution in [2.75, 3.05) is 26.2 Å². The maximum absolute atomic E-state index is 13.8. The molecule has 0 saturated carbocycles. The summed E-state index contributed by atoms with van der Waals surface area (Å²) < 4.78 is 14.8. The van der Waals surface area contributed by atoms with Crippen LogP contribution in [-0.2, 0) is 6.54 Å². The maximum atomic E-state index is 13.8. The lowest BCUT2D eigenvalue weighted by Crippen LogP contribution is -2.36. The van der Waals surface area contributed by atoms with Crippen molar-refractivity contribution in [3.8, 4) is 0 Å². The van der Waals surface area contributed by atoms with Crippen molar-refractivity contribution >= 4 is 15.9 Å². The Morgan fingerprint density at radius 1 is 1.21 bits per heavy atom. The van der Waals surface area contributed by atoms with Crippen LogP contribution >= 0.6 is 15.9 Å². The molecule has 3 rings (SSSR count). The van der Waals surface area contributed by atoms with Crippen molar-refractivity contribution in [2.24, 2.45) is 0 Å². The molecule has 0 amide bonds. The largest absolute Gasteiger partial charge is 0.299 e. The molecular weight excluding hydrogens is 307 g/mol. The van der Waals surface area contributed by atoms with Crippen LogP contribution < -0.4 is 0 Å². The third kappa shape index (κ3) is 3.18. The predicted molar refractivity (Wildman–Crippen MR) is 78.6 cm³/mol. The Bertz CT molecular complexity index is 452. The zero-order chi connectivity index (χ0) is 13.2. The van der Waals surface area contributed by atoms with Gasteiger partial charge < -0.3 is 0 Å². The average Bonchev–Trinajstić information content (AvgIpc) is 2.73. The predicted octanol–water partition coefficient (Wildman–Crippen LogP) is 3.26. The van der Waals surface area contributed by atoms with Gasteiger partial charge in [0.15, 0.2) is 0 Å². The van der Waals surface area contributed by atoms with Gasteiger partial charge in [-0.1, -0.05) is 15.9 Å². The summed E-state index contributed by atoms with van der Waals surface area (Å²) in [6.45, 7) is 5.37. The van der Waals surface area contributed by atoms with Crippen molar-refractivity contribution in [3.05, 3.63) is 34.1 Å². The second-order valence-electron chi connectivity index (χ2n) is 5.66. The van der Waals surface area contributed by atoms with Gasteiger partial charge in [0, 0.05) is 29.2 Å². The standard InChI is InChI=1S/C15H20BrFN2/c16-13-4-5-15(17)12(9-13)10-18-6-2-8-19-7-1-3-14(19)11-18/h4-5,9,14H,1-3,6-8,10-11H2. The van der Waals surface area contributed by atoms with Crippen LogP contribution in [0.1, 0.15) is 24.8 Å². The number of nitrogens with zero attached hydrogens (tertiary/aromatic N) is 2. The van der Waals surface area contributed by atoms with Crippen LogP contribution in [-0.4, -0.2) is 42.0 Å². The smallest absolute Gasteiger partial charge is 0.127 e. The van der Waals surface area contributed by atoms with E-state index in [1.54, 1.807) is 12.1 Å². The van der Waals surface area contributed by atoms with Gasteiger partial charge in [0.1, 0.15) is 5.82 Å². The average molecular weight is 327 g/mol. The van der Waals surface area contributed by atoms with Gasteiger partial charge in [-0.25, -0.2) is 4.39 Å². The SMILES string of the molecule is Fc1ccc(Br)cc1CN1CCCN2CCCC2C1. The minimum absolute atomic E-state index is 0.0873. The Hall–Kier alpha value is -0.450. The molecule has 1 aromatic carbocycles. The minimum Gasteiger partial charge on any atom is -0.299 e. The molecule has 104 valence electrons. The van der Waals surface area contributed by atoms with Crippen LogP contribution in [0.15, 0.2) is 22.7 Å². The lowest BCUT2D eigenvalue weighted by atomic mass is 10.1. The number of halogens is 2. The van der Waals surface area contributed by atoms with Crippen molar-refractivity contribution in [1.82, 2.24) is 9.80 Å². The van der Waals surface area contributed by atoms with Crippen LogP contribution in [0.4, 0.5) is 4.39 Å². The molecule has 0 radical (unpaired) electrons. The molecule has 2 saturated heterocycles. The highest BCUT2D eigenvalue weighted by Gasteiger charge is 2.28. The van der Waals surface area contributed by atoms with Gasteiger partial charge in [-0.05, 0) is 57.1 Å². The molecule has 2 fully saturated rings. The zero-order valence-electron chi connectivity index (χ0n) is 11.1. The van der Waals surface area contributed by atoms with Gasteiger partial charge in [0.05, 0.1) is 0 Å². The summed E-state index contributed by atoms with van der Waals surface area (Å²) in [6, 6.07) is 5.92. The Kier molecular flexibility index (Phi) is 4.20. The maximum Gasteiger partial charge on any atom is 0.127 e. The van der Waals surface area contributed by atoms with E-state index in [0.717, 1.165) is 29.7 Å². The normalized spacial score (nSPS) is 25.3. The van der Waals surface area contributed by atoms with Gasteiger partial charge in [0.2, 0.25) is 0 Å². The van der Waals surface area contributed by atoms with Gasteiger partial charge in [-0.3, -0.25) is 9.80 Å². The molecule has 1 atom stereocenters. The Morgan fingerprint density at radius 2 is 2.05 bits per heavy atom. The number of benzene rings is 1. The van der Waals surface area contributed by atoms with Gasteiger partial charge in [-0.15, -0.1) is 0 Å². The lowest BCUT2D eigenvalue weighted by Gasteiger charge is -2.25. The topological polar surface area (TPSA) is 6.48 Å². The summed E-state index contributed by atoms with van der Waals surface area (Å²) in [7, 11) is 0. The number of hydrogen-bond donors (Lipinski definition) is 0. The summed E-state index contributed by atoms with van der Waals surface area (Å²) >= 11 is 3.43. The van der Waals surface area contributed by atoms with Gasteiger partial charge >= 0.3 is 0 Å². The van der Waals surface area contributed by atoms with Gasteiger partial charge in [-0.2, -0.15) is 0 Å². The molecular formula is C15H20BrFN2. The second kappa shape index (κ2) is 5.90. The van der Waals surface area contributed by atoms with Crippen molar-refractivity contribution in [2.45, 2.75) is 31.8 Å². The quantitative estimate of drug-likeness (QED) is 0.823. The molecule has 2 nitrogen and oxygen atoms in total. The van der Waals surface area contributed by atoms with Crippen molar-refractivity contribution in [3.63, 3.8) is 0 Å². The number of fused-ring (bicyclic) bond motifs is 1. The van der Waals surface area contributed by atoms with E-state index >= 15 is 0 Å². The molecule has 1 unspecified atom stereocenters. The molecule has 0 bridgehead atoms. The highest BCUT2D eigenvalue weighted by atomic mass is 79.9. The third-order valence-corrected chi connectivity index (χ3v) is 4.78. The van der Waals surface area contributed by atoms with Crippen LogP contribution in [0.5, 0.6) is 0 Å². The first-order chi connectivity index (χ1) is 9.22. The van der Waals surface area contributed by atoms with Crippen molar-refractivity contribution < 1.29 is 4.39 Å². The molecule has 1 aromatic rings. The molecule has 2 aliphatic heterocycles. The number of hydrogen-bond acceptors (Lipinski definition) is 2. The first kappa shape index (κ1) is 13.5. The molecule has 0 aliphatic carbocycles. The first-order valence-electron chi connectivity index (χ1n) is 7.13. The van der Waals surface area contributed by atoms with Crippen LogP contribution in [0.2, 0.25) is 0 Å². The Balaban J connectivity index is 1.70. The fourth-order valence-corrected chi connectivity index (χ4v) is 3.74. The van der Waals surface area contributed by atoms with E-state index in [4.69, 9.17) is 0 Å². The number of rotatable bonds is 2. The molecule has 0 spiro atoms. The van der Waals surface area contributed by atoms with E-state index in [2.05, 4.69) is 25.7 Å². The van der Waals surface area contributed by atoms with E-state index in [1.807, 2.05) is 6.07 Å². The fraction of sp³-hybridized carbons (Fsp3) is 0.600. The first-order valence-corrected chi connectivity index (χ1v) is 7.92. The Labute approximate surface area is 122 Å². The second-order valence-corrected chi connectivity index (χ2v) is 6.57. The molecule has 2 aliphatic rings. The molecule has 2 heterocycles. The monoisotopic (exact) mass is 326 g/mol. The van der Waals surface area contributed by atoms with Crippen LogP contribution in [0.3, 0.4) is 0 Å². The Morgan fingerprint density at radius 3 is 2.95 bits per heavy atom. The summed E-state index contributed by atoms with van der Waals surface area (Å²) in [5.41, 5.74) is 0.806. The summed E-state index contributed by atoms with van der Waals surface area (Å²) in [4.78, 5) is 5.03. The summed E-state index contributed by atoms with van der Waals surface area (Å²) in [5.74, 6) is -0.0873. The van der Waals surface area contributed by atoms with Crippen molar-refractivity contribution in [1.29, 1.82) is 0 Å². The summed E-state index contributed by atoms with van der Waals surface area (Å²) in [5, 5.41) is 0. The molecule has 0 N–H and O–H groups in total. The highest BCUT2D eigenvalue weighted by molar-refractivity contribution is 9.10. The van der Waals surface area contributed by atoms with E-state index < -0.39 is 0 Å². The van der Waals surface area contributed by atoms with E-state index in [1.165, 1.54) is 32.4 Å². The van der Waals surface area contributed by atoms with E-state index in [0.29, 0.717) is 6.04 Å². The molecule has 0 aromatic heterocycles. The third-order valence-electron chi connectivity index (χ3n) is 4.29. The lowest BCUT2D eigenvalue weighted by molar-refractivity contribution is 0.214. The summed E-state index contributed by atoms with van der Waals surface area (Å²) in [6.07, 6.45) is 3.83. The van der Waals surface area contributed by atoms with Gasteiger partial charge in [0.25, 0.3) is 0 Å².